The maximum absolute atomic E-state index is 12.6. The highest BCUT2D eigenvalue weighted by atomic mass is 35.5. The summed E-state index contributed by atoms with van der Waals surface area (Å²) in [6.07, 6.45) is -4.26. The molecule has 0 radical (unpaired) electrons. The maximum Gasteiger partial charge on any atom is 0.417 e. The van der Waals surface area contributed by atoms with Crippen LogP contribution in [0.3, 0.4) is 0 Å². The molecule has 1 heterocycles. The molecule has 0 saturated heterocycles. The molecular formula is C14H10Cl2F3N3O2S. The molecule has 25 heavy (non-hydrogen) atoms. The van der Waals surface area contributed by atoms with Gasteiger partial charge in [0, 0.05) is 6.20 Å². The van der Waals surface area contributed by atoms with Gasteiger partial charge in [-0.05, 0) is 30.3 Å². The van der Waals surface area contributed by atoms with Crippen molar-refractivity contribution in [3.05, 3.63) is 47.1 Å². The lowest BCUT2D eigenvalue weighted by molar-refractivity contribution is -0.137. The lowest BCUT2D eigenvalue weighted by Gasteiger charge is -2.10. The number of benzene rings is 1. The van der Waals surface area contributed by atoms with Crippen molar-refractivity contribution in [2.24, 2.45) is 10.7 Å². The van der Waals surface area contributed by atoms with Gasteiger partial charge in [-0.15, -0.1) is 11.6 Å². The molecule has 0 unspecified atom stereocenters. The summed E-state index contributed by atoms with van der Waals surface area (Å²) >= 11 is 11.2. The zero-order chi connectivity index (χ0) is 18.8. The van der Waals surface area contributed by atoms with Crippen molar-refractivity contribution >= 4 is 44.6 Å². The number of nitrogens with zero attached hydrogens (tertiary/aromatic N) is 2. The van der Waals surface area contributed by atoms with E-state index in [1.165, 1.54) is 24.3 Å². The zero-order valence-corrected chi connectivity index (χ0v) is 14.6. The molecule has 11 heteroatoms. The molecule has 2 rings (SSSR count). The largest absolute Gasteiger partial charge is 0.417 e. The van der Waals surface area contributed by atoms with Crippen molar-refractivity contribution in [2.75, 3.05) is 5.88 Å². The normalized spacial score (nSPS) is 13.1. The van der Waals surface area contributed by atoms with Gasteiger partial charge in [-0.1, -0.05) is 11.6 Å². The molecule has 0 aliphatic heterocycles. The summed E-state index contributed by atoms with van der Waals surface area (Å²) < 4.78 is 62.8. The molecule has 0 fully saturated rings. The standard InChI is InChI=1S/C14H10Cl2F3N3O2S/c15-6-12(20)22-9-1-3-10(4-2-9)25(23,24)13-11(16)5-8(7-21-13)14(17,18)19/h1-5,7H,6H2,(H2,20,22). The highest BCUT2D eigenvalue weighted by Crippen LogP contribution is 2.33. The first kappa shape index (κ1) is 19.5. The van der Waals surface area contributed by atoms with Crippen LogP contribution in [-0.4, -0.2) is 25.1 Å². The Hall–Kier alpha value is -1.84. The molecule has 5 nitrogen and oxygen atoms in total. The fourth-order valence-electron chi connectivity index (χ4n) is 1.79. The molecule has 0 spiro atoms. The summed E-state index contributed by atoms with van der Waals surface area (Å²) in [5.74, 6) is 0.148. The third-order valence-electron chi connectivity index (χ3n) is 2.95. The van der Waals surface area contributed by atoms with Crippen LogP contribution in [0.5, 0.6) is 0 Å². The van der Waals surface area contributed by atoms with Crippen molar-refractivity contribution < 1.29 is 21.6 Å². The van der Waals surface area contributed by atoms with E-state index in [2.05, 4.69) is 9.98 Å². The number of halogens is 5. The quantitative estimate of drug-likeness (QED) is 0.470. The Morgan fingerprint density at radius 2 is 1.84 bits per heavy atom. The number of sulfone groups is 1. The van der Waals surface area contributed by atoms with E-state index in [4.69, 9.17) is 28.9 Å². The molecule has 0 saturated carbocycles. The van der Waals surface area contributed by atoms with E-state index in [9.17, 15) is 21.6 Å². The van der Waals surface area contributed by atoms with Crippen molar-refractivity contribution in [2.45, 2.75) is 16.1 Å². The Balaban J connectivity index is 2.42. The molecule has 0 aliphatic carbocycles. The van der Waals surface area contributed by atoms with Gasteiger partial charge in [-0.3, -0.25) is 0 Å². The van der Waals surface area contributed by atoms with Crippen LogP contribution in [0.15, 0.2) is 51.4 Å². The van der Waals surface area contributed by atoms with Crippen molar-refractivity contribution in [1.82, 2.24) is 4.98 Å². The Bertz CT molecular complexity index is 914. The SMILES string of the molecule is NC(CCl)=Nc1ccc(S(=O)(=O)c2ncc(C(F)(F)F)cc2Cl)cc1. The second kappa shape index (κ2) is 7.19. The summed E-state index contributed by atoms with van der Waals surface area (Å²) in [5, 5.41) is -1.29. The van der Waals surface area contributed by atoms with E-state index < -0.39 is 31.6 Å². The summed E-state index contributed by atoms with van der Waals surface area (Å²) in [7, 11) is -4.20. The number of nitrogens with two attached hydrogens (primary N) is 1. The van der Waals surface area contributed by atoms with Gasteiger partial charge in [0.05, 0.1) is 27.0 Å². The van der Waals surface area contributed by atoms with Crippen LogP contribution < -0.4 is 5.73 Å². The first-order valence-electron chi connectivity index (χ1n) is 6.52. The monoisotopic (exact) mass is 411 g/mol. The van der Waals surface area contributed by atoms with Crippen LogP contribution in [0, 0.1) is 0 Å². The van der Waals surface area contributed by atoms with Crippen LogP contribution >= 0.6 is 23.2 Å². The van der Waals surface area contributed by atoms with Gasteiger partial charge in [0.1, 0.15) is 5.84 Å². The van der Waals surface area contributed by atoms with Crippen molar-refractivity contribution in [3.8, 4) is 0 Å². The van der Waals surface area contributed by atoms with E-state index in [1.54, 1.807) is 0 Å². The molecular weight excluding hydrogens is 402 g/mol. The fourth-order valence-corrected chi connectivity index (χ4v) is 3.54. The summed E-state index contributed by atoms with van der Waals surface area (Å²) in [4.78, 5) is 7.10. The topological polar surface area (TPSA) is 85.4 Å². The van der Waals surface area contributed by atoms with Crippen LogP contribution in [0.1, 0.15) is 5.56 Å². The van der Waals surface area contributed by atoms with Crippen molar-refractivity contribution in [1.29, 1.82) is 0 Å². The molecule has 0 bridgehead atoms. The molecule has 134 valence electrons. The summed E-state index contributed by atoms with van der Waals surface area (Å²) in [5.41, 5.74) is 4.69. The number of aliphatic imine (C=N–C) groups is 1. The Morgan fingerprint density at radius 3 is 2.32 bits per heavy atom. The Kier molecular flexibility index (Phi) is 5.60. The summed E-state index contributed by atoms with van der Waals surface area (Å²) in [6.45, 7) is 0. The van der Waals surface area contributed by atoms with Crippen LogP contribution in [-0.2, 0) is 16.0 Å². The summed E-state index contributed by atoms with van der Waals surface area (Å²) in [6, 6.07) is 5.67. The third kappa shape index (κ3) is 4.42. The van der Waals surface area contributed by atoms with E-state index in [0.717, 1.165) is 0 Å². The van der Waals surface area contributed by atoms with Gasteiger partial charge >= 0.3 is 6.18 Å². The average Bonchev–Trinajstić information content (AvgIpc) is 2.54. The zero-order valence-electron chi connectivity index (χ0n) is 12.3. The maximum atomic E-state index is 12.6. The number of aromatic nitrogens is 1. The minimum Gasteiger partial charge on any atom is -0.386 e. The number of pyridine rings is 1. The molecule has 2 N–H and O–H groups in total. The predicted molar refractivity (Wildman–Crippen MR) is 88.1 cm³/mol. The third-order valence-corrected chi connectivity index (χ3v) is 5.35. The second-order valence-electron chi connectivity index (χ2n) is 4.74. The average molecular weight is 412 g/mol. The van der Waals surface area contributed by atoms with Crippen molar-refractivity contribution in [3.63, 3.8) is 0 Å². The lowest BCUT2D eigenvalue weighted by atomic mass is 10.3. The number of alkyl halides is 4. The first-order valence-corrected chi connectivity index (χ1v) is 8.92. The molecule has 1 aromatic carbocycles. The smallest absolute Gasteiger partial charge is 0.386 e. The van der Waals surface area contributed by atoms with Gasteiger partial charge in [-0.25, -0.2) is 18.4 Å². The second-order valence-corrected chi connectivity index (χ2v) is 7.28. The Morgan fingerprint density at radius 1 is 1.24 bits per heavy atom. The number of hydrogen-bond donors (Lipinski definition) is 1. The van der Waals surface area contributed by atoms with Gasteiger partial charge in [0.15, 0.2) is 5.03 Å². The van der Waals surface area contributed by atoms with Crippen LogP contribution in [0.4, 0.5) is 18.9 Å². The van der Waals surface area contributed by atoms with Gasteiger partial charge in [-0.2, -0.15) is 13.2 Å². The fraction of sp³-hybridized carbons (Fsp3) is 0.143. The van der Waals surface area contributed by atoms with Gasteiger partial charge in [0.2, 0.25) is 9.84 Å². The molecule has 2 aromatic rings. The number of rotatable bonds is 4. The van der Waals surface area contributed by atoms with Crippen LogP contribution in [0.2, 0.25) is 5.02 Å². The molecule has 1 aromatic heterocycles. The number of amidine groups is 1. The van der Waals surface area contributed by atoms with Crippen LogP contribution in [0.25, 0.3) is 0 Å². The van der Waals surface area contributed by atoms with Gasteiger partial charge < -0.3 is 5.73 Å². The Labute approximate surface area is 151 Å². The van der Waals surface area contributed by atoms with E-state index in [1.807, 2.05) is 0 Å². The highest BCUT2D eigenvalue weighted by Gasteiger charge is 2.33. The molecule has 0 atom stereocenters. The minimum atomic E-state index is -4.68. The van der Waals surface area contributed by atoms with E-state index in [0.29, 0.717) is 18.0 Å². The predicted octanol–water partition coefficient (Wildman–Crippen LogP) is 3.81. The molecule has 0 aliphatic rings. The van der Waals surface area contributed by atoms with Gasteiger partial charge in [0.25, 0.3) is 0 Å². The van der Waals surface area contributed by atoms with E-state index >= 15 is 0 Å². The number of hydrogen-bond acceptors (Lipinski definition) is 4. The molecule has 0 amide bonds. The van der Waals surface area contributed by atoms with E-state index in [-0.39, 0.29) is 16.6 Å². The lowest BCUT2D eigenvalue weighted by Crippen LogP contribution is -2.12. The highest BCUT2D eigenvalue weighted by molar-refractivity contribution is 7.91. The minimum absolute atomic E-state index is 0.00509. The first-order chi connectivity index (χ1) is 11.6.